The van der Waals surface area contributed by atoms with Crippen LogP contribution in [-0.4, -0.2) is 0 Å². The van der Waals surface area contributed by atoms with Gasteiger partial charge >= 0.3 is 0 Å². The van der Waals surface area contributed by atoms with E-state index < -0.39 is 0 Å². The number of hydrogen-bond donors (Lipinski definition) is 0. The number of benzene rings is 2. The van der Waals surface area contributed by atoms with Crippen LogP contribution < -0.4 is 0 Å². The Morgan fingerprint density at radius 1 is 1.00 bits per heavy atom. The van der Waals surface area contributed by atoms with Gasteiger partial charge in [0.05, 0.1) is 0 Å². The van der Waals surface area contributed by atoms with Crippen molar-refractivity contribution in [2.45, 2.75) is 5.88 Å². The first-order valence-electron chi connectivity index (χ1n) is 4.04. The van der Waals surface area contributed by atoms with Gasteiger partial charge < -0.3 is 0 Å². The Morgan fingerprint density at radius 2 is 1.77 bits per heavy atom. The molecule has 0 bridgehead atoms. The summed E-state index contributed by atoms with van der Waals surface area (Å²) in [6, 6.07) is 12.5. The fourth-order valence-corrected chi connectivity index (χ4v) is 1.90. The van der Waals surface area contributed by atoms with E-state index in [1.807, 2.05) is 6.07 Å². The molecule has 2 aromatic carbocycles. The summed E-state index contributed by atoms with van der Waals surface area (Å²) in [5, 5.41) is 2.48. The Kier molecular flexibility index (Phi) is 2.56. The molecule has 66 valence electrons. The van der Waals surface area contributed by atoms with Gasteiger partial charge in [0.2, 0.25) is 0 Å². The van der Waals surface area contributed by atoms with Gasteiger partial charge in [-0.05, 0) is 34.5 Å². The first kappa shape index (κ1) is 9.04. The van der Waals surface area contributed by atoms with Gasteiger partial charge in [0.15, 0.2) is 0 Å². The number of halogens is 2. The number of hydrogen-bond acceptors (Lipinski definition) is 0. The van der Waals surface area contributed by atoms with Crippen LogP contribution in [-0.2, 0) is 5.88 Å². The summed E-state index contributed by atoms with van der Waals surface area (Å²) in [7, 11) is 0. The second-order valence-electron chi connectivity index (χ2n) is 2.96. The van der Waals surface area contributed by atoms with Crippen LogP contribution in [0.25, 0.3) is 10.8 Å². The van der Waals surface area contributed by atoms with Gasteiger partial charge in [-0.15, -0.1) is 11.6 Å². The third-order valence-corrected chi connectivity index (χ3v) is 2.82. The van der Waals surface area contributed by atoms with Crippen molar-refractivity contribution in [2.24, 2.45) is 0 Å². The van der Waals surface area contributed by atoms with Gasteiger partial charge in [-0.3, -0.25) is 0 Å². The normalized spacial score (nSPS) is 10.6. The lowest BCUT2D eigenvalue weighted by Crippen LogP contribution is -1.78. The number of alkyl halides is 1. The monoisotopic (exact) mass is 254 g/mol. The Labute approximate surface area is 90.6 Å². The highest BCUT2D eigenvalue weighted by Crippen LogP contribution is 2.21. The Hall–Kier alpha value is -0.530. The van der Waals surface area contributed by atoms with Crippen LogP contribution >= 0.6 is 27.5 Å². The third-order valence-electron chi connectivity index (χ3n) is 2.02. The minimum absolute atomic E-state index is 0.572. The van der Waals surface area contributed by atoms with Gasteiger partial charge in [0, 0.05) is 10.4 Å². The smallest absolute Gasteiger partial charge is 0.0474 e. The van der Waals surface area contributed by atoms with Crippen molar-refractivity contribution in [3.63, 3.8) is 0 Å². The Morgan fingerprint density at radius 3 is 2.54 bits per heavy atom. The molecule has 0 N–H and O–H groups in total. The van der Waals surface area contributed by atoms with Crippen molar-refractivity contribution < 1.29 is 0 Å². The van der Waals surface area contributed by atoms with E-state index >= 15 is 0 Å². The largest absolute Gasteiger partial charge is 0.122 e. The molecule has 0 saturated carbocycles. The van der Waals surface area contributed by atoms with Crippen molar-refractivity contribution in [1.82, 2.24) is 0 Å². The molecule has 2 heteroatoms. The quantitative estimate of drug-likeness (QED) is 0.665. The molecule has 13 heavy (non-hydrogen) atoms. The van der Waals surface area contributed by atoms with Gasteiger partial charge in [0.25, 0.3) is 0 Å². The lowest BCUT2D eigenvalue weighted by molar-refractivity contribution is 1.43. The molecule has 0 unspecified atom stereocenters. The molecule has 2 rings (SSSR count). The van der Waals surface area contributed by atoms with Crippen LogP contribution in [0, 0.1) is 0 Å². The maximum atomic E-state index is 5.76. The minimum Gasteiger partial charge on any atom is -0.122 e. The van der Waals surface area contributed by atoms with E-state index in [2.05, 4.69) is 46.3 Å². The first-order valence-corrected chi connectivity index (χ1v) is 5.36. The standard InChI is InChI=1S/C11H8BrCl/c12-11-4-3-9-2-1-8(7-13)5-10(9)6-11/h1-6H,7H2. The van der Waals surface area contributed by atoms with E-state index in [1.54, 1.807) is 0 Å². The van der Waals surface area contributed by atoms with Crippen LogP contribution in [0.2, 0.25) is 0 Å². The van der Waals surface area contributed by atoms with Crippen LogP contribution in [0.1, 0.15) is 5.56 Å². The fourth-order valence-electron chi connectivity index (χ4n) is 1.35. The summed E-state index contributed by atoms with van der Waals surface area (Å²) in [5.74, 6) is 0.572. The maximum absolute atomic E-state index is 5.76. The summed E-state index contributed by atoms with van der Waals surface area (Å²) >= 11 is 9.20. The second kappa shape index (κ2) is 3.69. The summed E-state index contributed by atoms with van der Waals surface area (Å²) in [5.41, 5.74) is 1.16. The zero-order chi connectivity index (χ0) is 9.26. The molecule has 0 amide bonds. The van der Waals surface area contributed by atoms with Gasteiger partial charge in [-0.1, -0.05) is 34.1 Å². The van der Waals surface area contributed by atoms with Crippen LogP contribution in [0.15, 0.2) is 40.9 Å². The first-order chi connectivity index (χ1) is 6.29. The van der Waals surface area contributed by atoms with Crippen molar-refractivity contribution >= 4 is 38.3 Å². The van der Waals surface area contributed by atoms with Gasteiger partial charge in [0.1, 0.15) is 0 Å². The van der Waals surface area contributed by atoms with Gasteiger partial charge in [-0.2, -0.15) is 0 Å². The SMILES string of the molecule is ClCc1ccc2ccc(Br)cc2c1. The molecule has 0 fully saturated rings. The molecule has 0 heterocycles. The third kappa shape index (κ3) is 1.87. The summed E-state index contributed by atoms with van der Waals surface area (Å²) in [6.45, 7) is 0. The predicted octanol–water partition coefficient (Wildman–Crippen LogP) is 4.34. The van der Waals surface area contributed by atoms with Crippen LogP contribution in [0.3, 0.4) is 0 Å². The minimum atomic E-state index is 0.572. The summed E-state index contributed by atoms with van der Waals surface area (Å²) in [4.78, 5) is 0. The number of fused-ring (bicyclic) bond motifs is 1. The van der Waals surface area contributed by atoms with E-state index in [4.69, 9.17) is 11.6 Å². The topological polar surface area (TPSA) is 0 Å². The Balaban J connectivity index is 2.68. The molecule has 0 radical (unpaired) electrons. The second-order valence-corrected chi connectivity index (χ2v) is 4.14. The lowest BCUT2D eigenvalue weighted by Gasteiger charge is -2.00. The van der Waals surface area contributed by atoms with Crippen molar-refractivity contribution in [3.8, 4) is 0 Å². The molecule has 0 aromatic heterocycles. The molecule has 0 aliphatic rings. The molecule has 0 nitrogen and oxygen atoms in total. The predicted molar refractivity (Wildman–Crippen MR) is 61.2 cm³/mol. The highest BCUT2D eigenvalue weighted by molar-refractivity contribution is 9.10. The molecular weight excluding hydrogens is 247 g/mol. The molecule has 0 atom stereocenters. The molecule has 0 aliphatic heterocycles. The van der Waals surface area contributed by atoms with Crippen LogP contribution in [0.4, 0.5) is 0 Å². The van der Waals surface area contributed by atoms with Gasteiger partial charge in [-0.25, -0.2) is 0 Å². The molecule has 2 aromatic rings. The summed E-state index contributed by atoms with van der Waals surface area (Å²) in [6.07, 6.45) is 0. The molecule has 0 saturated heterocycles. The van der Waals surface area contributed by atoms with E-state index in [1.165, 1.54) is 10.8 Å². The van der Waals surface area contributed by atoms with Crippen LogP contribution in [0.5, 0.6) is 0 Å². The van der Waals surface area contributed by atoms with E-state index in [0.29, 0.717) is 5.88 Å². The zero-order valence-corrected chi connectivity index (χ0v) is 9.27. The molecule has 0 spiro atoms. The van der Waals surface area contributed by atoms with Crippen molar-refractivity contribution in [1.29, 1.82) is 0 Å². The zero-order valence-electron chi connectivity index (χ0n) is 6.93. The highest BCUT2D eigenvalue weighted by Gasteiger charge is 1.95. The molecule has 0 aliphatic carbocycles. The van der Waals surface area contributed by atoms with E-state index in [0.717, 1.165) is 10.0 Å². The maximum Gasteiger partial charge on any atom is 0.0474 e. The molecular formula is C11H8BrCl. The van der Waals surface area contributed by atoms with Crippen molar-refractivity contribution in [2.75, 3.05) is 0 Å². The number of rotatable bonds is 1. The Bertz CT molecular complexity index is 437. The lowest BCUT2D eigenvalue weighted by atomic mass is 10.1. The summed E-state index contributed by atoms with van der Waals surface area (Å²) < 4.78 is 1.10. The van der Waals surface area contributed by atoms with E-state index in [9.17, 15) is 0 Å². The average Bonchev–Trinajstić information content (AvgIpc) is 2.16. The average molecular weight is 256 g/mol. The highest BCUT2D eigenvalue weighted by atomic mass is 79.9. The van der Waals surface area contributed by atoms with E-state index in [-0.39, 0.29) is 0 Å². The van der Waals surface area contributed by atoms with Crippen molar-refractivity contribution in [3.05, 3.63) is 46.4 Å². The fraction of sp³-hybridized carbons (Fsp3) is 0.0909.